The van der Waals surface area contributed by atoms with Gasteiger partial charge in [-0.1, -0.05) is 42.5 Å². The number of pyridine rings is 1. The monoisotopic (exact) mass is 318 g/mol. The van der Waals surface area contributed by atoms with Gasteiger partial charge in [0.1, 0.15) is 5.75 Å². The summed E-state index contributed by atoms with van der Waals surface area (Å²) in [6.07, 6.45) is 1.73. The molecule has 4 heteroatoms. The quantitative estimate of drug-likeness (QED) is 0.782. The molecular weight excluding hydrogens is 300 g/mol. The van der Waals surface area contributed by atoms with E-state index in [1.165, 1.54) is 0 Å². The number of hydrogen-bond donors (Lipinski definition) is 1. The standard InChI is InChI=1S/C20H18N2O2/c1-24-17-11-7-10-16(14-17)20(23)22-19(15-8-3-2-4-9-15)18-12-5-6-13-21-18/h2-14,19H,1H3,(H,22,23). The number of carbonyl (C=O) groups excluding carboxylic acids is 1. The first-order valence-corrected chi connectivity index (χ1v) is 7.69. The lowest BCUT2D eigenvalue weighted by atomic mass is 10.0. The van der Waals surface area contributed by atoms with Gasteiger partial charge in [0.25, 0.3) is 5.91 Å². The number of rotatable bonds is 5. The van der Waals surface area contributed by atoms with Crippen LogP contribution in [0.1, 0.15) is 27.7 Å². The molecule has 3 rings (SSSR count). The van der Waals surface area contributed by atoms with Gasteiger partial charge in [0.15, 0.2) is 0 Å². The normalized spacial score (nSPS) is 11.5. The van der Waals surface area contributed by atoms with Crippen LogP contribution < -0.4 is 10.1 Å². The van der Waals surface area contributed by atoms with Crippen LogP contribution in [0.15, 0.2) is 79.0 Å². The molecule has 1 aromatic heterocycles. The molecule has 24 heavy (non-hydrogen) atoms. The van der Waals surface area contributed by atoms with Crippen molar-refractivity contribution in [2.45, 2.75) is 6.04 Å². The summed E-state index contributed by atoms with van der Waals surface area (Å²) in [6.45, 7) is 0. The maximum atomic E-state index is 12.7. The van der Waals surface area contributed by atoms with Gasteiger partial charge in [0.2, 0.25) is 0 Å². The van der Waals surface area contributed by atoms with Gasteiger partial charge < -0.3 is 10.1 Å². The Morgan fingerprint density at radius 3 is 2.50 bits per heavy atom. The molecule has 120 valence electrons. The number of nitrogens with one attached hydrogen (secondary N) is 1. The molecule has 0 aliphatic rings. The van der Waals surface area contributed by atoms with Crippen molar-refractivity contribution in [2.75, 3.05) is 7.11 Å². The molecule has 0 radical (unpaired) electrons. The summed E-state index contributed by atoms with van der Waals surface area (Å²) in [5.74, 6) is 0.477. The average molecular weight is 318 g/mol. The van der Waals surface area contributed by atoms with Crippen molar-refractivity contribution in [3.05, 3.63) is 95.8 Å². The molecule has 0 aliphatic heterocycles. The second-order valence-electron chi connectivity index (χ2n) is 5.30. The lowest BCUT2D eigenvalue weighted by molar-refractivity contribution is 0.0942. The molecule has 0 spiro atoms. The first-order valence-electron chi connectivity index (χ1n) is 7.69. The van der Waals surface area contributed by atoms with Crippen molar-refractivity contribution in [3.8, 4) is 5.75 Å². The van der Waals surface area contributed by atoms with Crippen LogP contribution in [-0.4, -0.2) is 18.0 Å². The van der Waals surface area contributed by atoms with Crippen LogP contribution in [0.3, 0.4) is 0 Å². The van der Waals surface area contributed by atoms with Gasteiger partial charge in [0, 0.05) is 11.8 Å². The fraction of sp³-hybridized carbons (Fsp3) is 0.100. The Morgan fingerprint density at radius 1 is 1.00 bits per heavy atom. The maximum absolute atomic E-state index is 12.7. The van der Waals surface area contributed by atoms with E-state index >= 15 is 0 Å². The Kier molecular flexibility index (Phi) is 4.87. The molecule has 4 nitrogen and oxygen atoms in total. The lowest BCUT2D eigenvalue weighted by Gasteiger charge is -2.19. The number of amides is 1. The van der Waals surface area contributed by atoms with Crippen LogP contribution in [0.5, 0.6) is 5.75 Å². The van der Waals surface area contributed by atoms with Crippen LogP contribution in [0, 0.1) is 0 Å². The Hall–Kier alpha value is -3.14. The molecule has 0 aliphatic carbocycles. The lowest BCUT2D eigenvalue weighted by Crippen LogP contribution is -2.29. The third-order valence-corrected chi connectivity index (χ3v) is 3.72. The Balaban J connectivity index is 1.91. The smallest absolute Gasteiger partial charge is 0.252 e. The third-order valence-electron chi connectivity index (χ3n) is 3.72. The van der Waals surface area contributed by atoms with Crippen LogP contribution in [0.4, 0.5) is 0 Å². The molecule has 0 saturated carbocycles. The van der Waals surface area contributed by atoms with Crippen molar-refractivity contribution in [1.29, 1.82) is 0 Å². The number of aromatic nitrogens is 1. The predicted molar refractivity (Wildman–Crippen MR) is 93.0 cm³/mol. The van der Waals surface area contributed by atoms with E-state index in [1.807, 2.05) is 54.6 Å². The van der Waals surface area contributed by atoms with E-state index in [9.17, 15) is 4.79 Å². The number of hydrogen-bond acceptors (Lipinski definition) is 3. The Morgan fingerprint density at radius 2 is 1.79 bits per heavy atom. The van der Waals surface area contributed by atoms with Gasteiger partial charge in [-0.3, -0.25) is 9.78 Å². The van der Waals surface area contributed by atoms with Gasteiger partial charge in [-0.15, -0.1) is 0 Å². The molecule has 0 bridgehead atoms. The third kappa shape index (κ3) is 3.60. The minimum Gasteiger partial charge on any atom is -0.497 e. The molecule has 1 N–H and O–H groups in total. The highest BCUT2D eigenvalue weighted by atomic mass is 16.5. The molecule has 3 aromatic rings. The second-order valence-corrected chi connectivity index (χ2v) is 5.30. The largest absolute Gasteiger partial charge is 0.497 e. The fourth-order valence-electron chi connectivity index (χ4n) is 2.50. The number of methoxy groups -OCH3 is 1. The molecule has 2 aromatic carbocycles. The highest BCUT2D eigenvalue weighted by molar-refractivity contribution is 5.95. The maximum Gasteiger partial charge on any atom is 0.252 e. The van der Waals surface area contributed by atoms with Crippen molar-refractivity contribution in [2.24, 2.45) is 0 Å². The topological polar surface area (TPSA) is 51.2 Å². The number of ether oxygens (including phenoxy) is 1. The van der Waals surface area contributed by atoms with Gasteiger partial charge in [-0.2, -0.15) is 0 Å². The van der Waals surface area contributed by atoms with E-state index in [1.54, 1.807) is 31.5 Å². The van der Waals surface area contributed by atoms with Gasteiger partial charge in [0.05, 0.1) is 18.8 Å². The van der Waals surface area contributed by atoms with Crippen LogP contribution in [-0.2, 0) is 0 Å². The van der Waals surface area contributed by atoms with Crippen LogP contribution >= 0.6 is 0 Å². The van der Waals surface area contributed by atoms with Crippen molar-refractivity contribution < 1.29 is 9.53 Å². The molecular formula is C20H18N2O2. The van der Waals surface area contributed by atoms with E-state index in [4.69, 9.17) is 4.74 Å². The van der Waals surface area contributed by atoms with E-state index < -0.39 is 0 Å². The molecule has 0 saturated heterocycles. The van der Waals surface area contributed by atoms with E-state index in [0.29, 0.717) is 11.3 Å². The fourth-order valence-corrected chi connectivity index (χ4v) is 2.50. The number of carbonyl (C=O) groups is 1. The van der Waals surface area contributed by atoms with Crippen LogP contribution in [0.25, 0.3) is 0 Å². The van der Waals surface area contributed by atoms with Crippen LogP contribution in [0.2, 0.25) is 0 Å². The van der Waals surface area contributed by atoms with Crippen molar-refractivity contribution >= 4 is 5.91 Å². The molecule has 1 heterocycles. The summed E-state index contributed by atoms with van der Waals surface area (Å²) in [4.78, 5) is 17.1. The van der Waals surface area contributed by atoms with E-state index in [2.05, 4.69) is 10.3 Å². The number of benzene rings is 2. The summed E-state index contributed by atoms with van der Waals surface area (Å²) >= 11 is 0. The zero-order valence-electron chi connectivity index (χ0n) is 13.3. The molecule has 1 unspecified atom stereocenters. The highest BCUT2D eigenvalue weighted by Gasteiger charge is 2.18. The molecule has 1 amide bonds. The van der Waals surface area contributed by atoms with Gasteiger partial charge in [-0.25, -0.2) is 0 Å². The average Bonchev–Trinajstić information content (AvgIpc) is 2.67. The first-order chi connectivity index (χ1) is 11.8. The Bertz CT molecular complexity index is 765. The highest BCUT2D eigenvalue weighted by Crippen LogP contribution is 2.21. The summed E-state index contributed by atoms with van der Waals surface area (Å²) in [6, 6.07) is 22.2. The van der Waals surface area contributed by atoms with Gasteiger partial charge >= 0.3 is 0 Å². The molecule has 0 fully saturated rings. The minimum atomic E-state index is -0.314. The predicted octanol–water partition coefficient (Wildman–Crippen LogP) is 3.61. The Labute approximate surface area is 141 Å². The summed E-state index contributed by atoms with van der Waals surface area (Å²) in [7, 11) is 1.58. The summed E-state index contributed by atoms with van der Waals surface area (Å²) < 4.78 is 5.19. The summed E-state index contributed by atoms with van der Waals surface area (Å²) in [5.41, 5.74) is 2.32. The minimum absolute atomic E-state index is 0.173. The zero-order valence-corrected chi connectivity index (χ0v) is 13.3. The van der Waals surface area contributed by atoms with Crippen molar-refractivity contribution in [1.82, 2.24) is 10.3 Å². The van der Waals surface area contributed by atoms with E-state index in [0.717, 1.165) is 11.3 Å². The van der Waals surface area contributed by atoms with Gasteiger partial charge in [-0.05, 0) is 35.9 Å². The SMILES string of the molecule is COc1cccc(C(=O)NC(c2ccccc2)c2ccccn2)c1. The first kappa shape index (κ1) is 15.7. The number of nitrogens with zero attached hydrogens (tertiary/aromatic N) is 1. The second kappa shape index (κ2) is 7.42. The molecule has 1 atom stereocenters. The zero-order chi connectivity index (χ0) is 16.8. The summed E-state index contributed by atoms with van der Waals surface area (Å²) in [5, 5.41) is 3.06. The van der Waals surface area contributed by atoms with E-state index in [-0.39, 0.29) is 11.9 Å². The van der Waals surface area contributed by atoms with Crippen molar-refractivity contribution in [3.63, 3.8) is 0 Å².